The highest BCUT2D eigenvalue weighted by Crippen LogP contribution is 2.26. The molecule has 120 valence electrons. The van der Waals surface area contributed by atoms with Crippen LogP contribution >= 0.6 is 0 Å². The molecule has 0 N–H and O–H groups in total. The van der Waals surface area contributed by atoms with E-state index >= 15 is 0 Å². The number of para-hydroxylation sites is 2. The lowest BCUT2D eigenvalue weighted by molar-refractivity contribution is -0.384. The number of hydrogen-bond donors (Lipinski definition) is 0. The number of fused-ring (bicyclic) bond motifs is 1. The Balaban J connectivity index is 2.10. The van der Waals surface area contributed by atoms with Crippen LogP contribution in [0.25, 0.3) is 22.3 Å². The smallest absolute Gasteiger partial charge is 0.309 e. The van der Waals surface area contributed by atoms with Gasteiger partial charge in [-0.05, 0) is 23.8 Å². The average molecular weight is 323 g/mol. The standard InChI is InChI=1S/C17H13N3O4/c1-24-17(21)8-11-6-12(9-13(7-11)20(22)23)16-10-18-14-4-2-3-5-15(14)19-16/h2-7,9-10H,8H2,1H3. The maximum absolute atomic E-state index is 11.5. The first kappa shape index (κ1) is 15.5. The number of methoxy groups -OCH3 is 1. The van der Waals surface area contributed by atoms with E-state index in [1.807, 2.05) is 24.3 Å². The van der Waals surface area contributed by atoms with Crippen molar-refractivity contribution in [2.45, 2.75) is 6.42 Å². The Morgan fingerprint density at radius 2 is 1.96 bits per heavy atom. The van der Waals surface area contributed by atoms with Crippen molar-refractivity contribution < 1.29 is 14.5 Å². The van der Waals surface area contributed by atoms with E-state index in [-0.39, 0.29) is 12.1 Å². The average Bonchev–Trinajstić information content (AvgIpc) is 2.60. The summed E-state index contributed by atoms with van der Waals surface area (Å²) in [6.45, 7) is 0. The van der Waals surface area contributed by atoms with E-state index in [0.717, 1.165) is 5.52 Å². The molecular weight excluding hydrogens is 310 g/mol. The number of carbonyl (C=O) groups excluding carboxylic acids is 1. The highest BCUT2D eigenvalue weighted by atomic mass is 16.6. The zero-order valence-corrected chi connectivity index (χ0v) is 12.8. The third-order valence-corrected chi connectivity index (χ3v) is 3.51. The van der Waals surface area contributed by atoms with Crippen molar-refractivity contribution in [2.75, 3.05) is 7.11 Å². The fourth-order valence-electron chi connectivity index (χ4n) is 2.36. The minimum Gasteiger partial charge on any atom is -0.469 e. The second-order valence-corrected chi connectivity index (χ2v) is 5.14. The van der Waals surface area contributed by atoms with Crippen molar-refractivity contribution in [1.82, 2.24) is 9.97 Å². The maximum Gasteiger partial charge on any atom is 0.309 e. The van der Waals surface area contributed by atoms with E-state index in [9.17, 15) is 14.9 Å². The molecule has 0 fully saturated rings. The monoisotopic (exact) mass is 323 g/mol. The van der Waals surface area contributed by atoms with Gasteiger partial charge < -0.3 is 4.74 Å². The van der Waals surface area contributed by atoms with Gasteiger partial charge in [-0.25, -0.2) is 4.98 Å². The summed E-state index contributed by atoms with van der Waals surface area (Å²) in [5, 5.41) is 11.2. The quantitative estimate of drug-likeness (QED) is 0.416. The largest absolute Gasteiger partial charge is 0.469 e. The van der Waals surface area contributed by atoms with Gasteiger partial charge in [-0.15, -0.1) is 0 Å². The van der Waals surface area contributed by atoms with Gasteiger partial charge in [0.05, 0.1) is 41.4 Å². The number of esters is 1. The van der Waals surface area contributed by atoms with E-state index in [1.165, 1.54) is 19.2 Å². The van der Waals surface area contributed by atoms with Gasteiger partial charge in [-0.3, -0.25) is 19.9 Å². The number of nitro groups is 1. The number of rotatable bonds is 4. The minimum atomic E-state index is -0.501. The number of benzene rings is 2. The van der Waals surface area contributed by atoms with E-state index in [2.05, 4.69) is 14.7 Å². The number of hydrogen-bond acceptors (Lipinski definition) is 6. The van der Waals surface area contributed by atoms with Crippen molar-refractivity contribution in [3.05, 3.63) is 64.3 Å². The number of nitrogens with zero attached hydrogens (tertiary/aromatic N) is 3. The number of non-ortho nitro benzene ring substituents is 1. The molecule has 0 bridgehead atoms. The molecule has 1 aromatic heterocycles. The van der Waals surface area contributed by atoms with E-state index in [0.29, 0.717) is 22.3 Å². The molecule has 0 saturated carbocycles. The summed E-state index contributed by atoms with van der Waals surface area (Å²) < 4.78 is 4.62. The first-order chi connectivity index (χ1) is 11.6. The van der Waals surface area contributed by atoms with Crippen LogP contribution < -0.4 is 0 Å². The summed E-state index contributed by atoms with van der Waals surface area (Å²) >= 11 is 0. The van der Waals surface area contributed by atoms with Crippen LogP contribution in [0.1, 0.15) is 5.56 Å². The van der Waals surface area contributed by atoms with Gasteiger partial charge in [0.25, 0.3) is 5.69 Å². The first-order valence-corrected chi connectivity index (χ1v) is 7.14. The molecule has 0 radical (unpaired) electrons. The molecule has 0 amide bonds. The Kier molecular flexibility index (Phi) is 4.15. The van der Waals surface area contributed by atoms with E-state index < -0.39 is 10.9 Å². The van der Waals surface area contributed by atoms with Crippen molar-refractivity contribution in [2.24, 2.45) is 0 Å². The van der Waals surface area contributed by atoms with Crippen LogP contribution in [0.5, 0.6) is 0 Å². The lowest BCUT2D eigenvalue weighted by Gasteiger charge is -2.06. The molecule has 0 aliphatic rings. The predicted molar refractivity (Wildman–Crippen MR) is 87.3 cm³/mol. The molecule has 0 saturated heterocycles. The van der Waals surface area contributed by atoms with Crippen LogP contribution in [0.3, 0.4) is 0 Å². The molecule has 0 aliphatic carbocycles. The first-order valence-electron chi connectivity index (χ1n) is 7.14. The lowest BCUT2D eigenvalue weighted by atomic mass is 10.0. The third-order valence-electron chi connectivity index (χ3n) is 3.51. The van der Waals surface area contributed by atoms with Crippen LogP contribution in [0.4, 0.5) is 5.69 Å². The van der Waals surface area contributed by atoms with Gasteiger partial charge in [0, 0.05) is 17.7 Å². The van der Waals surface area contributed by atoms with Crippen LogP contribution in [0, 0.1) is 10.1 Å². The second kappa shape index (κ2) is 6.41. The van der Waals surface area contributed by atoms with Crippen molar-refractivity contribution in [3.63, 3.8) is 0 Å². The molecule has 7 heteroatoms. The summed E-state index contributed by atoms with van der Waals surface area (Å²) in [4.78, 5) is 30.9. The molecule has 0 atom stereocenters. The Morgan fingerprint density at radius 1 is 1.21 bits per heavy atom. The number of carbonyl (C=O) groups is 1. The van der Waals surface area contributed by atoms with Crippen LogP contribution in [-0.2, 0) is 16.0 Å². The summed E-state index contributed by atoms with van der Waals surface area (Å²) in [7, 11) is 1.27. The van der Waals surface area contributed by atoms with Crippen LogP contribution in [0.15, 0.2) is 48.7 Å². The van der Waals surface area contributed by atoms with Gasteiger partial charge in [-0.1, -0.05) is 12.1 Å². The molecule has 0 unspecified atom stereocenters. The zero-order chi connectivity index (χ0) is 17.1. The molecule has 2 aromatic carbocycles. The topological polar surface area (TPSA) is 95.2 Å². The van der Waals surface area contributed by atoms with Crippen LogP contribution in [0.2, 0.25) is 0 Å². The SMILES string of the molecule is COC(=O)Cc1cc(-c2cnc3ccccc3n2)cc([N+](=O)[O-])c1. The Bertz CT molecular complexity index is 940. The normalized spacial score (nSPS) is 10.5. The fraction of sp³-hybridized carbons (Fsp3) is 0.118. The molecule has 7 nitrogen and oxygen atoms in total. The molecule has 3 rings (SSSR count). The second-order valence-electron chi connectivity index (χ2n) is 5.14. The number of ether oxygens (including phenoxy) is 1. The van der Waals surface area contributed by atoms with Gasteiger partial charge in [0.15, 0.2) is 0 Å². The summed E-state index contributed by atoms with van der Waals surface area (Å²) in [6, 6.07) is 11.8. The maximum atomic E-state index is 11.5. The van der Waals surface area contributed by atoms with Crippen molar-refractivity contribution >= 4 is 22.7 Å². The molecule has 1 heterocycles. The highest BCUT2D eigenvalue weighted by molar-refractivity contribution is 5.78. The fourth-order valence-corrected chi connectivity index (χ4v) is 2.36. The van der Waals surface area contributed by atoms with E-state index in [1.54, 1.807) is 12.3 Å². The Hall–Kier alpha value is -3.35. The molecule has 3 aromatic rings. The lowest BCUT2D eigenvalue weighted by Crippen LogP contribution is -2.05. The van der Waals surface area contributed by atoms with Gasteiger partial charge in [0.2, 0.25) is 0 Å². The van der Waals surface area contributed by atoms with Gasteiger partial charge in [0.1, 0.15) is 0 Å². The summed E-state index contributed by atoms with van der Waals surface area (Å²) in [6.07, 6.45) is 1.51. The zero-order valence-electron chi connectivity index (χ0n) is 12.8. The third kappa shape index (κ3) is 3.19. The Labute approximate surface area is 137 Å². The predicted octanol–water partition coefficient (Wildman–Crippen LogP) is 2.92. The summed E-state index contributed by atoms with van der Waals surface area (Å²) in [5.74, 6) is -0.467. The molecule has 0 aliphatic heterocycles. The number of nitro benzene ring substituents is 1. The van der Waals surface area contributed by atoms with E-state index in [4.69, 9.17) is 0 Å². The number of aromatic nitrogens is 2. The Morgan fingerprint density at radius 3 is 2.67 bits per heavy atom. The van der Waals surface area contributed by atoms with Crippen molar-refractivity contribution in [1.29, 1.82) is 0 Å². The van der Waals surface area contributed by atoms with Crippen molar-refractivity contribution in [3.8, 4) is 11.3 Å². The van der Waals surface area contributed by atoms with Gasteiger partial charge >= 0.3 is 5.97 Å². The highest BCUT2D eigenvalue weighted by Gasteiger charge is 2.14. The summed E-state index contributed by atoms with van der Waals surface area (Å²) in [5.41, 5.74) is 2.84. The van der Waals surface area contributed by atoms with Crippen LogP contribution in [-0.4, -0.2) is 28.0 Å². The molecule has 24 heavy (non-hydrogen) atoms. The van der Waals surface area contributed by atoms with Gasteiger partial charge in [-0.2, -0.15) is 0 Å². The molecule has 0 spiro atoms. The minimum absolute atomic E-state index is 0.0494. The molecular formula is C17H13N3O4.